The van der Waals surface area contributed by atoms with E-state index in [1.807, 2.05) is 0 Å². The summed E-state index contributed by atoms with van der Waals surface area (Å²) in [6.45, 7) is 1.66. The van der Waals surface area contributed by atoms with E-state index in [9.17, 15) is 13.6 Å². The lowest BCUT2D eigenvalue weighted by Crippen LogP contribution is -2.15. The number of nitrogens with one attached hydrogen (secondary N) is 1. The molecule has 0 aliphatic carbocycles. The van der Waals surface area contributed by atoms with Gasteiger partial charge in [0.15, 0.2) is 0 Å². The van der Waals surface area contributed by atoms with Crippen molar-refractivity contribution in [3.05, 3.63) is 59.4 Å². The van der Waals surface area contributed by atoms with E-state index in [4.69, 9.17) is 0 Å². The molecule has 92 valence electrons. The number of hydrogen-bond acceptors (Lipinski definition) is 2. The number of hydrogen-bond donors (Lipinski definition) is 1. The van der Waals surface area contributed by atoms with Gasteiger partial charge in [-0.1, -0.05) is 18.2 Å². The molecule has 0 saturated carbocycles. The normalized spacial score (nSPS) is 10.2. The highest BCUT2D eigenvalue weighted by Crippen LogP contribution is 2.19. The summed E-state index contributed by atoms with van der Waals surface area (Å²) in [5, 5.41) is 2.38. The van der Waals surface area contributed by atoms with Crippen LogP contribution in [0.4, 0.5) is 14.5 Å². The van der Waals surface area contributed by atoms with E-state index in [2.05, 4.69) is 10.3 Å². The summed E-state index contributed by atoms with van der Waals surface area (Å²) < 4.78 is 26.4. The van der Waals surface area contributed by atoms with E-state index < -0.39 is 17.7 Å². The van der Waals surface area contributed by atoms with Gasteiger partial charge in [0.25, 0.3) is 5.91 Å². The first-order valence-electron chi connectivity index (χ1n) is 5.27. The Balaban J connectivity index is 2.27. The monoisotopic (exact) mass is 248 g/mol. The number of para-hydroxylation sites is 1. The zero-order chi connectivity index (χ0) is 13.1. The van der Waals surface area contributed by atoms with Crippen LogP contribution >= 0.6 is 0 Å². The molecular weight excluding hydrogens is 238 g/mol. The molecule has 0 saturated heterocycles. The summed E-state index contributed by atoms with van der Waals surface area (Å²) in [6.07, 6.45) is 0. The summed E-state index contributed by atoms with van der Waals surface area (Å²) >= 11 is 0. The van der Waals surface area contributed by atoms with Crippen LogP contribution in [0.1, 0.15) is 16.1 Å². The third-order valence-corrected chi connectivity index (χ3v) is 2.41. The third-order valence-electron chi connectivity index (χ3n) is 2.41. The topological polar surface area (TPSA) is 42.0 Å². The van der Waals surface area contributed by atoms with E-state index in [0.717, 1.165) is 6.07 Å². The molecule has 3 nitrogen and oxygen atoms in total. The SMILES string of the molecule is Cc1cccc(F)c1NC(=O)c1cccc(F)n1. The standard InChI is InChI=1S/C13H10F2N2O/c1-8-4-2-5-9(14)12(8)17-13(18)10-6-3-7-11(15)16-10/h2-7H,1H3,(H,17,18). The van der Waals surface area contributed by atoms with Crippen molar-refractivity contribution < 1.29 is 13.6 Å². The number of aryl methyl sites for hydroxylation is 1. The van der Waals surface area contributed by atoms with Crippen LogP contribution in [-0.2, 0) is 0 Å². The van der Waals surface area contributed by atoms with Gasteiger partial charge in [-0.15, -0.1) is 0 Å². The van der Waals surface area contributed by atoms with Crippen molar-refractivity contribution in [3.63, 3.8) is 0 Å². The lowest BCUT2D eigenvalue weighted by molar-refractivity contribution is 0.102. The minimum Gasteiger partial charge on any atom is -0.318 e. The number of anilines is 1. The minimum absolute atomic E-state index is 0.0774. The van der Waals surface area contributed by atoms with Gasteiger partial charge in [0.05, 0.1) is 5.69 Å². The Morgan fingerprint density at radius 3 is 2.56 bits per heavy atom. The molecule has 18 heavy (non-hydrogen) atoms. The molecule has 1 aromatic carbocycles. The second-order valence-electron chi connectivity index (χ2n) is 3.73. The van der Waals surface area contributed by atoms with E-state index in [-0.39, 0.29) is 11.4 Å². The van der Waals surface area contributed by atoms with Gasteiger partial charge in [0, 0.05) is 0 Å². The van der Waals surface area contributed by atoms with Gasteiger partial charge in [-0.3, -0.25) is 4.79 Å². The molecule has 5 heteroatoms. The molecule has 0 atom stereocenters. The lowest BCUT2D eigenvalue weighted by atomic mass is 10.2. The summed E-state index contributed by atoms with van der Waals surface area (Å²) in [7, 11) is 0. The average molecular weight is 248 g/mol. The first-order chi connectivity index (χ1) is 8.58. The van der Waals surface area contributed by atoms with Gasteiger partial charge in [-0.25, -0.2) is 9.37 Å². The minimum atomic E-state index is -0.757. The largest absolute Gasteiger partial charge is 0.318 e. The molecule has 1 aromatic heterocycles. The fourth-order valence-corrected chi connectivity index (χ4v) is 1.50. The van der Waals surface area contributed by atoms with Gasteiger partial charge in [-0.05, 0) is 30.7 Å². The van der Waals surface area contributed by atoms with Crippen LogP contribution < -0.4 is 5.32 Å². The van der Waals surface area contributed by atoms with Crippen LogP contribution in [0.25, 0.3) is 0 Å². The van der Waals surface area contributed by atoms with Crippen LogP contribution in [0.2, 0.25) is 0 Å². The lowest BCUT2D eigenvalue weighted by Gasteiger charge is -2.08. The number of nitrogens with zero attached hydrogens (tertiary/aromatic N) is 1. The Morgan fingerprint density at radius 1 is 1.17 bits per heavy atom. The molecule has 0 unspecified atom stereocenters. The van der Waals surface area contributed by atoms with Crippen LogP contribution in [0.3, 0.4) is 0 Å². The highest BCUT2D eigenvalue weighted by Gasteiger charge is 2.12. The van der Waals surface area contributed by atoms with Crippen molar-refractivity contribution >= 4 is 11.6 Å². The third kappa shape index (κ3) is 2.51. The Morgan fingerprint density at radius 2 is 1.89 bits per heavy atom. The Labute approximate surface area is 102 Å². The van der Waals surface area contributed by atoms with Gasteiger partial charge in [0.1, 0.15) is 11.5 Å². The van der Waals surface area contributed by atoms with Crippen LogP contribution in [0.15, 0.2) is 36.4 Å². The number of carbonyl (C=O) groups excluding carboxylic acids is 1. The molecule has 0 radical (unpaired) electrons. The van der Waals surface area contributed by atoms with Crippen molar-refractivity contribution in [2.24, 2.45) is 0 Å². The van der Waals surface area contributed by atoms with Crippen LogP contribution in [-0.4, -0.2) is 10.9 Å². The Hall–Kier alpha value is -2.30. The number of aromatic nitrogens is 1. The van der Waals surface area contributed by atoms with E-state index in [1.165, 1.54) is 18.2 Å². The summed E-state index contributed by atoms with van der Waals surface area (Å²) in [6, 6.07) is 8.30. The Bertz CT molecular complexity index is 579. The highest BCUT2D eigenvalue weighted by atomic mass is 19.1. The number of pyridine rings is 1. The van der Waals surface area contributed by atoms with E-state index >= 15 is 0 Å². The number of amides is 1. The highest BCUT2D eigenvalue weighted by molar-refractivity contribution is 6.03. The second kappa shape index (κ2) is 4.91. The number of halogens is 2. The molecule has 0 spiro atoms. The molecule has 0 aliphatic heterocycles. The predicted molar refractivity (Wildman–Crippen MR) is 63.3 cm³/mol. The molecule has 1 heterocycles. The van der Waals surface area contributed by atoms with Crippen molar-refractivity contribution in [2.45, 2.75) is 6.92 Å². The molecule has 2 aromatic rings. The fraction of sp³-hybridized carbons (Fsp3) is 0.0769. The van der Waals surface area contributed by atoms with Gasteiger partial charge < -0.3 is 5.32 Å². The molecule has 0 aliphatic rings. The number of rotatable bonds is 2. The van der Waals surface area contributed by atoms with Crippen LogP contribution in [0.5, 0.6) is 0 Å². The zero-order valence-corrected chi connectivity index (χ0v) is 9.58. The van der Waals surface area contributed by atoms with Crippen molar-refractivity contribution in [1.29, 1.82) is 0 Å². The Kier molecular flexibility index (Phi) is 3.32. The second-order valence-corrected chi connectivity index (χ2v) is 3.73. The van der Waals surface area contributed by atoms with Crippen molar-refractivity contribution in [2.75, 3.05) is 5.32 Å². The summed E-state index contributed by atoms with van der Waals surface area (Å²) in [4.78, 5) is 15.2. The molecular formula is C13H10F2N2O. The molecule has 0 bridgehead atoms. The summed E-state index contributed by atoms with van der Waals surface area (Å²) in [5.74, 6) is -1.95. The number of benzene rings is 1. The number of carbonyl (C=O) groups is 1. The first kappa shape index (κ1) is 12.2. The maximum absolute atomic E-state index is 13.5. The summed E-state index contributed by atoms with van der Waals surface area (Å²) in [5.41, 5.74) is 0.561. The molecule has 2 rings (SSSR count). The first-order valence-corrected chi connectivity index (χ1v) is 5.27. The molecule has 0 fully saturated rings. The van der Waals surface area contributed by atoms with Crippen molar-refractivity contribution in [1.82, 2.24) is 4.98 Å². The average Bonchev–Trinajstić information content (AvgIpc) is 2.34. The molecule has 1 N–H and O–H groups in total. The predicted octanol–water partition coefficient (Wildman–Crippen LogP) is 2.92. The molecule has 1 amide bonds. The quantitative estimate of drug-likeness (QED) is 0.830. The van der Waals surface area contributed by atoms with Crippen LogP contribution in [0, 0.1) is 18.7 Å². The van der Waals surface area contributed by atoms with Crippen molar-refractivity contribution in [3.8, 4) is 0 Å². The van der Waals surface area contributed by atoms with E-state index in [0.29, 0.717) is 5.56 Å². The van der Waals surface area contributed by atoms with E-state index in [1.54, 1.807) is 19.1 Å². The smallest absolute Gasteiger partial charge is 0.274 e. The van der Waals surface area contributed by atoms with Gasteiger partial charge in [0.2, 0.25) is 5.95 Å². The fourth-order valence-electron chi connectivity index (χ4n) is 1.50. The van der Waals surface area contributed by atoms with Gasteiger partial charge >= 0.3 is 0 Å². The van der Waals surface area contributed by atoms with Gasteiger partial charge in [-0.2, -0.15) is 4.39 Å². The maximum atomic E-state index is 13.5. The maximum Gasteiger partial charge on any atom is 0.274 e. The zero-order valence-electron chi connectivity index (χ0n) is 9.58.